The lowest BCUT2D eigenvalue weighted by atomic mass is 9.75. The van der Waals surface area contributed by atoms with E-state index in [1.54, 1.807) is 0 Å². The van der Waals surface area contributed by atoms with Gasteiger partial charge in [0, 0.05) is 18.5 Å². The van der Waals surface area contributed by atoms with Gasteiger partial charge in [-0.25, -0.2) is 0 Å². The molecule has 0 spiro atoms. The summed E-state index contributed by atoms with van der Waals surface area (Å²) >= 11 is 0. The van der Waals surface area contributed by atoms with E-state index in [1.165, 1.54) is 37.9 Å². The molecule has 4 heteroatoms. The van der Waals surface area contributed by atoms with Crippen molar-refractivity contribution >= 4 is 0 Å². The molecule has 1 aromatic rings. The van der Waals surface area contributed by atoms with Gasteiger partial charge in [0.2, 0.25) is 0 Å². The second kappa shape index (κ2) is 4.65. The van der Waals surface area contributed by atoms with Crippen LogP contribution >= 0.6 is 0 Å². The van der Waals surface area contributed by atoms with E-state index in [4.69, 9.17) is 0 Å². The summed E-state index contributed by atoms with van der Waals surface area (Å²) in [5.74, 6) is 2.41. The summed E-state index contributed by atoms with van der Waals surface area (Å²) in [6.45, 7) is 6.67. The maximum absolute atomic E-state index is 4.56. The Labute approximate surface area is 109 Å². The van der Waals surface area contributed by atoms with E-state index in [1.807, 2.05) is 0 Å². The molecule has 1 aliphatic heterocycles. The lowest BCUT2D eigenvalue weighted by molar-refractivity contribution is 0.285. The number of hydrogen-bond acceptors (Lipinski definition) is 3. The Bertz CT molecular complexity index is 417. The van der Waals surface area contributed by atoms with Crippen molar-refractivity contribution in [3.05, 3.63) is 11.6 Å². The molecular formula is C14H24N4. The third-order valence-electron chi connectivity index (χ3n) is 4.72. The van der Waals surface area contributed by atoms with E-state index < -0.39 is 0 Å². The fourth-order valence-electron chi connectivity index (χ4n) is 3.56. The summed E-state index contributed by atoms with van der Waals surface area (Å²) in [5.41, 5.74) is 0.263. The quantitative estimate of drug-likeness (QED) is 0.874. The highest BCUT2D eigenvalue weighted by Gasteiger charge is 2.36. The zero-order chi connectivity index (χ0) is 12.6. The SMILES string of the molecule is CCC1NCCn2c1nnc2C1(C)CCCCC1. The molecule has 1 saturated carbocycles. The van der Waals surface area contributed by atoms with Crippen molar-refractivity contribution in [2.24, 2.45) is 0 Å². The monoisotopic (exact) mass is 248 g/mol. The molecule has 0 aromatic carbocycles. The number of nitrogens with zero attached hydrogens (tertiary/aromatic N) is 3. The first-order valence-corrected chi connectivity index (χ1v) is 7.41. The van der Waals surface area contributed by atoms with Gasteiger partial charge in [0.05, 0.1) is 6.04 Å². The Morgan fingerprint density at radius 3 is 2.78 bits per heavy atom. The van der Waals surface area contributed by atoms with Gasteiger partial charge in [-0.15, -0.1) is 10.2 Å². The van der Waals surface area contributed by atoms with Gasteiger partial charge in [0.1, 0.15) is 11.6 Å². The molecular weight excluding hydrogens is 224 g/mol. The highest BCUT2D eigenvalue weighted by molar-refractivity contribution is 5.13. The maximum Gasteiger partial charge on any atom is 0.150 e. The van der Waals surface area contributed by atoms with Gasteiger partial charge in [-0.05, 0) is 19.3 Å². The van der Waals surface area contributed by atoms with E-state index in [0.717, 1.165) is 25.3 Å². The van der Waals surface area contributed by atoms with Gasteiger partial charge in [0.15, 0.2) is 0 Å². The van der Waals surface area contributed by atoms with Crippen LogP contribution in [0, 0.1) is 0 Å². The third-order valence-corrected chi connectivity index (χ3v) is 4.72. The van der Waals surface area contributed by atoms with E-state index in [2.05, 4.69) is 33.9 Å². The third kappa shape index (κ3) is 1.87. The molecule has 1 N–H and O–H groups in total. The number of rotatable bonds is 2. The van der Waals surface area contributed by atoms with E-state index >= 15 is 0 Å². The molecule has 0 saturated heterocycles. The molecule has 0 bridgehead atoms. The average Bonchev–Trinajstić information content (AvgIpc) is 2.84. The molecule has 0 amide bonds. The fraction of sp³-hybridized carbons (Fsp3) is 0.857. The number of hydrogen-bond donors (Lipinski definition) is 1. The van der Waals surface area contributed by atoms with Crippen LogP contribution in [0.2, 0.25) is 0 Å². The summed E-state index contributed by atoms with van der Waals surface area (Å²) < 4.78 is 2.40. The summed E-state index contributed by atoms with van der Waals surface area (Å²) in [4.78, 5) is 0. The Hall–Kier alpha value is -0.900. The van der Waals surface area contributed by atoms with Crippen molar-refractivity contribution < 1.29 is 0 Å². The lowest BCUT2D eigenvalue weighted by Gasteiger charge is -2.34. The second-order valence-electron chi connectivity index (χ2n) is 6.07. The summed E-state index contributed by atoms with van der Waals surface area (Å²) in [7, 11) is 0. The van der Waals surface area contributed by atoms with Crippen LogP contribution in [0.15, 0.2) is 0 Å². The predicted molar refractivity (Wildman–Crippen MR) is 71.5 cm³/mol. The molecule has 1 fully saturated rings. The lowest BCUT2D eigenvalue weighted by Crippen LogP contribution is -2.37. The molecule has 18 heavy (non-hydrogen) atoms. The fourth-order valence-corrected chi connectivity index (χ4v) is 3.56. The first kappa shape index (κ1) is 12.2. The van der Waals surface area contributed by atoms with Crippen molar-refractivity contribution in [3.63, 3.8) is 0 Å². The van der Waals surface area contributed by atoms with Crippen LogP contribution in [0.1, 0.15) is 70.1 Å². The molecule has 2 heterocycles. The predicted octanol–water partition coefficient (Wildman–Crippen LogP) is 2.55. The highest BCUT2D eigenvalue weighted by Crippen LogP contribution is 2.39. The molecule has 2 aliphatic rings. The molecule has 1 aliphatic carbocycles. The van der Waals surface area contributed by atoms with E-state index in [9.17, 15) is 0 Å². The molecule has 1 aromatic heterocycles. The minimum Gasteiger partial charge on any atom is -0.312 e. The number of fused-ring (bicyclic) bond motifs is 1. The van der Waals surface area contributed by atoms with Crippen molar-refractivity contribution in [1.82, 2.24) is 20.1 Å². The Kier molecular flexibility index (Phi) is 3.14. The van der Waals surface area contributed by atoms with Crippen LogP contribution in [0.4, 0.5) is 0 Å². The molecule has 4 nitrogen and oxygen atoms in total. The first-order valence-electron chi connectivity index (χ1n) is 7.41. The van der Waals surface area contributed by atoms with Crippen LogP contribution in [0.25, 0.3) is 0 Å². The molecule has 1 atom stereocenters. The topological polar surface area (TPSA) is 42.7 Å². The first-order chi connectivity index (χ1) is 8.74. The summed E-state index contributed by atoms with van der Waals surface area (Å²) in [6.07, 6.45) is 7.71. The highest BCUT2D eigenvalue weighted by atomic mass is 15.3. The Morgan fingerprint density at radius 2 is 2.06 bits per heavy atom. The van der Waals surface area contributed by atoms with Gasteiger partial charge < -0.3 is 9.88 Å². The van der Waals surface area contributed by atoms with Crippen LogP contribution in [-0.4, -0.2) is 21.3 Å². The Morgan fingerprint density at radius 1 is 1.28 bits per heavy atom. The van der Waals surface area contributed by atoms with Gasteiger partial charge >= 0.3 is 0 Å². The summed E-state index contributed by atoms with van der Waals surface area (Å²) in [5, 5.41) is 12.6. The molecule has 100 valence electrons. The molecule has 0 radical (unpaired) electrons. The van der Waals surface area contributed by atoms with E-state index in [-0.39, 0.29) is 5.41 Å². The van der Waals surface area contributed by atoms with Crippen LogP contribution in [0.3, 0.4) is 0 Å². The number of aromatic nitrogens is 3. The van der Waals surface area contributed by atoms with Gasteiger partial charge in [-0.1, -0.05) is 33.1 Å². The average molecular weight is 248 g/mol. The van der Waals surface area contributed by atoms with Gasteiger partial charge in [-0.2, -0.15) is 0 Å². The van der Waals surface area contributed by atoms with Crippen molar-refractivity contribution in [1.29, 1.82) is 0 Å². The normalized spacial score (nSPS) is 26.9. The maximum atomic E-state index is 4.56. The van der Waals surface area contributed by atoms with Crippen molar-refractivity contribution in [2.45, 2.75) is 70.4 Å². The molecule has 3 rings (SSSR count). The largest absolute Gasteiger partial charge is 0.312 e. The van der Waals surface area contributed by atoms with E-state index in [0.29, 0.717) is 6.04 Å². The van der Waals surface area contributed by atoms with Crippen molar-refractivity contribution in [2.75, 3.05) is 6.54 Å². The standard InChI is InChI=1S/C14H24N4/c1-3-11-12-16-17-13(18(12)10-9-15-11)14(2)7-5-4-6-8-14/h11,15H,3-10H2,1-2H3. The number of nitrogens with one attached hydrogen (secondary N) is 1. The zero-order valence-corrected chi connectivity index (χ0v) is 11.6. The van der Waals surface area contributed by atoms with Crippen LogP contribution in [-0.2, 0) is 12.0 Å². The minimum absolute atomic E-state index is 0.263. The van der Waals surface area contributed by atoms with Crippen LogP contribution < -0.4 is 5.32 Å². The zero-order valence-electron chi connectivity index (χ0n) is 11.6. The van der Waals surface area contributed by atoms with Crippen LogP contribution in [0.5, 0.6) is 0 Å². The summed E-state index contributed by atoms with van der Waals surface area (Å²) in [6, 6.07) is 0.396. The smallest absolute Gasteiger partial charge is 0.150 e. The molecule has 1 unspecified atom stereocenters. The second-order valence-corrected chi connectivity index (χ2v) is 6.07. The minimum atomic E-state index is 0.263. The Balaban J connectivity index is 1.96. The van der Waals surface area contributed by atoms with Gasteiger partial charge in [-0.3, -0.25) is 0 Å². The van der Waals surface area contributed by atoms with Gasteiger partial charge in [0.25, 0.3) is 0 Å². The van der Waals surface area contributed by atoms with Crippen molar-refractivity contribution in [3.8, 4) is 0 Å².